The molecule has 3 rings (SSSR count). The number of rotatable bonds is 7. The predicted molar refractivity (Wildman–Crippen MR) is 99.5 cm³/mol. The van der Waals surface area contributed by atoms with Gasteiger partial charge >= 0.3 is 6.18 Å². The van der Waals surface area contributed by atoms with Gasteiger partial charge in [0, 0.05) is 6.42 Å². The van der Waals surface area contributed by atoms with Crippen LogP contribution in [0, 0.1) is 0 Å². The first-order chi connectivity index (χ1) is 13.8. The topological polar surface area (TPSA) is 79.9 Å². The van der Waals surface area contributed by atoms with Crippen LogP contribution in [-0.2, 0) is 6.42 Å². The van der Waals surface area contributed by atoms with E-state index >= 15 is 0 Å². The number of alkyl halides is 3. The molecule has 0 saturated carbocycles. The van der Waals surface area contributed by atoms with Crippen LogP contribution in [0.25, 0.3) is 0 Å². The van der Waals surface area contributed by atoms with Gasteiger partial charge < -0.3 is 15.0 Å². The van der Waals surface area contributed by atoms with Gasteiger partial charge in [0.15, 0.2) is 6.61 Å². The van der Waals surface area contributed by atoms with Crippen LogP contribution in [0.15, 0.2) is 54.9 Å². The Morgan fingerprint density at radius 2 is 1.90 bits per heavy atom. The Hall–Kier alpha value is -3.36. The number of hydrogen-bond donors (Lipinski definition) is 2. The molecule has 0 fully saturated rings. The standard InChI is InChI=1S/C20H19F3N4O2/c1-13(16-8-7-15(10-24-16)29-12-20(21,22)23)26-19(28)17-11-25-18(27-17)9-14-5-3-2-4-6-14/h2-8,10-11,13H,9,12H2,1H3,(H,25,27)(H,26,28)/t13-/m1/s1. The fourth-order valence-electron chi connectivity index (χ4n) is 2.60. The lowest BCUT2D eigenvalue weighted by molar-refractivity contribution is -0.153. The van der Waals surface area contributed by atoms with Gasteiger partial charge in [0.25, 0.3) is 5.91 Å². The van der Waals surface area contributed by atoms with Crippen molar-refractivity contribution in [2.45, 2.75) is 25.6 Å². The summed E-state index contributed by atoms with van der Waals surface area (Å²) < 4.78 is 41.1. The lowest BCUT2D eigenvalue weighted by Gasteiger charge is -2.14. The van der Waals surface area contributed by atoms with E-state index in [2.05, 4.69) is 25.0 Å². The van der Waals surface area contributed by atoms with E-state index in [0.717, 1.165) is 5.56 Å². The highest BCUT2D eigenvalue weighted by Crippen LogP contribution is 2.19. The first kappa shape index (κ1) is 20.4. The van der Waals surface area contributed by atoms with Gasteiger partial charge in [-0.2, -0.15) is 13.2 Å². The molecule has 0 unspecified atom stereocenters. The van der Waals surface area contributed by atoms with Crippen molar-refractivity contribution in [3.8, 4) is 5.75 Å². The van der Waals surface area contributed by atoms with E-state index in [4.69, 9.17) is 0 Å². The molecular weight excluding hydrogens is 385 g/mol. The number of ether oxygens (including phenoxy) is 1. The number of nitrogens with one attached hydrogen (secondary N) is 2. The summed E-state index contributed by atoms with van der Waals surface area (Å²) >= 11 is 0. The summed E-state index contributed by atoms with van der Waals surface area (Å²) in [7, 11) is 0. The van der Waals surface area contributed by atoms with Crippen molar-refractivity contribution in [1.29, 1.82) is 0 Å². The molecule has 6 nitrogen and oxygen atoms in total. The Labute approximate surface area is 165 Å². The van der Waals surface area contributed by atoms with Gasteiger partial charge in [-0.15, -0.1) is 0 Å². The van der Waals surface area contributed by atoms with Crippen molar-refractivity contribution in [1.82, 2.24) is 20.3 Å². The number of imidazole rings is 1. The average Bonchev–Trinajstić information content (AvgIpc) is 3.15. The first-order valence-corrected chi connectivity index (χ1v) is 8.84. The van der Waals surface area contributed by atoms with E-state index < -0.39 is 18.8 Å². The second-order valence-corrected chi connectivity index (χ2v) is 6.42. The third-order valence-corrected chi connectivity index (χ3v) is 4.04. The Morgan fingerprint density at radius 3 is 2.55 bits per heavy atom. The summed E-state index contributed by atoms with van der Waals surface area (Å²) in [4.78, 5) is 23.7. The molecule has 3 aromatic rings. The summed E-state index contributed by atoms with van der Waals surface area (Å²) in [6, 6.07) is 12.2. The van der Waals surface area contributed by atoms with Crippen LogP contribution in [-0.4, -0.2) is 33.6 Å². The van der Waals surface area contributed by atoms with Gasteiger partial charge in [0.05, 0.1) is 24.1 Å². The Bertz CT molecular complexity index is 940. The molecule has 1 aromatic carbocycles. The minimum absolute atomic E-state index is 0.00345. The van der Waals surface area contributed by atoms with Gasteiger partial charge in [0.2, 0.25) is 0 Å². The van der Waals surface area contributed by atoms with E-state index in [9.17, 15) is 18.0 Å². The number of aromatic nitrogens is 3. The molecule has 0 aliphatic heterocycles. The van der Waals surface area contributed by atoms with Gasteiger partial charge in [-0.25, -0.2) is 4.98 Å². The normalized spacial score (nSPS) is 12.4. The van der Waals surface area contributed by atoms with Gasteiger partial charge in [-0.05, 0) is 24.6 Å². The monoisotopic (exact) mass is 404 g/mol. The molecule has 0 radical (unpaired) electrons. The van der Waals surface area contributed by atoms with Crippen LogP contribution < -0.4 is 10.1 Å². The highest BCUT2D eigenvalue weighted by atomic mass is 19.4. The van der Waals surface area contributed by atoms with Crippen LogP contribution in [0.5, 0.6) is 5.75 Å². The fourth-order valence-corrected chi connectivity index (χ4v) is 2.60. The Balaban J connectivity index is 1.56. The number of nitrogens with zero attached hydrogens (tertiary/aromatic N) is 2. The number of H-pyrrole nitrogens is 1. The first-order valence-electron chi connectivity index (χ1n) is 8.84. The van der Waals surface area contributed by atoms with Crippen LogP contribution >= 0.6 is 0 Å². The number of aromatic amines is 1. The average molecular weight is 404 g/mol. The van der Waals surface area contributed by atoms with Crippen LogP contribution in [0.4, 0.5) is 13.2 Å². The summed E-state index contributed by atoms with van der Waals surface area (Å²) in [5.74, 6) is 0.311. The second kappa shape index (κ2) is 8.76. The molecule has 29 heavy (non-hydrogen) atoms. The molecule has 2 N–H and O–H groups in total. The molecule has 0 spiro atoms. The van der Waals surface area contributed by atoms with E-state index in [1.165, 1.54) is 24.5 Å². The molecule has 2 aromatic heterocycles. The Kier molecular flexibility index (Phi) is 6.16. The van der Waals surface area contributed by atoms with Crippen molar-refractivity contribution < 1.29 is 22.7 Å². The highest BCUT2D eigenvalue weighted by molar-refractivity contribution is 5.92. The number of pyridine rings is 1. The zero-order valence-corrected chi connectivity index (χ0v) is 15.5. The summed E-state index contributed by atoms with van der Waals surface area (Å²) in [5.41, 5.74) is 1.87. The number of amides is 1. The van der Waals surface area contributed by atoms with E-state index in [1.54, 1.807) is 6.92 Å². The zero-order chi connectivity index (χ0) is 20.9. The maximum atomic E-state index is 12.4. The molecule has 0 saturated heterocycles. The lowest BCUT2D eigenvalue weighted by Crippen LogP contribution is -2.27. The van der Waals surface area contributed by atoms with Gasteiger partial charge in [0.1, 0.15) is 17.3 Å². The molecule has 1 atom stereocenters. The van der Waals surface area contributed by atoms with Crippen molar-refractivity contribution in [2.24, 2.45) is 0 Å². The predicted octanol–water partition coefficient (Wildman–Crippen LogP) is 3.83. The Morgan fingerprint density at radius 1 is 1.14 bits per heavy atom. The summed E-state index contributed by atoms with van der Waals surface area (Å²) in [6.45, 7) is 0.336. The maximum absolute atomic E-state index is 12.4. The quantitative estimate of drug-likeness (QED) is 0.627. The number of carbonyl (C=O) groups excluding carboxylic acids is 1. The van der Waals surface area contributed by atoms with Crippen LogP contribution in [0.3, 0.4) is 0 Å². The fraction of sp³-hybridized carbons (Fsp3) is 0.250. The van der Waals surface area contributed by atoms with Crippen molar-refractivity contribution >= 4 is 5.91 Å². The molecule has 0 aliphatic rings. The number of hydrogen-bond acceptors (Lipinski definition) is 4. The van der Waals surface area contributed by atoms with Gasteiger partial charge in [-0.3, -0.25) is 9.78 Å². The van der Waals surface area contributed by atoms with Crippen molar-refractivity contribution in [3.05, 3.63) is 77.6 Å². The third-order valence-electron chi connectivity index (χ3n) is 4.04. The molecule has 0 aliphatic carbocycles. The van der Waals surface area contributed by atoms with E-state index in [0.29, 0.717) is 23.6 Å². The smallest absolute Gasteiger partial charge is 0.422 e. The largest absolute Gasteiger partial charge is 0.483 e. The molecule has 1 amide bonds. The van der Waals surface area contributed by atoms with Crippen LogP contribution in [0.1, 0.15) is 40.5 Å². The molecule has 9 heteroatoms. The lowest BCUT2D eigenvalue weighted by atomic mass is 10.1. The molecule has 2 heterocycles. The molecular formula is C20H19F3N4O2. The van der Waals surface area contributed by atoms with Crippen molar-refractivity contribution in [2.75, 3.05) is 6.61 Å². The van der Waals surface area contributed by atoms with Gasteiger partial charge in [-0.1, -0.05) is 30.3 Å². The third kappa shape index (κ3) is 6.06. The van der Waals surface area contributed by atoms with Crippen LogP contribution in [0.2, 0.25) is 0 Å². The van der Waals surface area contributed by atoms with E-state index in [1.807, 2.05) is 30.3 Å². The molecule has 0 bridgehead atoms. The van der Waals surface area contributed by atoms with E-state index in [-0.39, 0.29) is 11.7 Å². The van der Waals surface area contributed by atoms with Crippen molar-refractivity contribution in [3.63, 3.8) is 0 Å². The number of carbonyl (C=O) groups is 1. The maximum Gasteiger partial charge on any atom is 0.422 e. The number of benzene rings is 1. The summed E-state index contributed by atoms with van der Waals surface area (Å²) in [6.07, 6.45) is -1.19. The minimum atomic E-state index is -4.41. The SMILES string of the molecule is C[C@@H](NC(=O)c1cnc(Cc2ccccc2)[nH]1)c1ccc(OCC(F)(F)F)cn1. The minimum Gasteiger partial charge on any atom is -0.483 e. The molecule has 152 valence electrons. The second-order valence-electron chi connectivity index (χ2n) is 6.42. The highest BCUT2D eigenvalue weighted by Gasteiger charge is 2.28. The number of halogens is 3. The zero-order valence-electron chi connectivity index (χ0n) is 15.5. The summed E-state index contributed by atoms with van der Waals surface area (Å²) in [5, 5.41) is 2.77.